The normalized spacial score (nSPS) is 12.9. The van der Waals surface area contributed by atoms with E-state index in [1.54, 1.807) is 31.2 Å². The van der Waals surface area contributed by atoms with Crippen LogP contribution >= 0.6 is 11.5 Å². The molecule has 9 nitrogen and oxygen atoms in total. The fourth-order valence-corrected chi connectivity index (χ4v) is 3.34. The van der Waals surface area contributed by atoms with Crippen LogP contribution in [0, 0.1) is 6.92 Å². The summed E-state index contributed by atoms with van der Waals surface area (Å²) in [7, 11) is 0. The van der Waals surface area contributed by atoms with E-state index in [0.717, 1.165) is 16.2 Å². The first-order valence-corrected chi connectivity index (χ1v) is 9.92. The van der Waals surface area contributed by atoms with Crippen molar-refractivity contribution >= 4 is 28.0 Å². The lowest BCUT2D eigenvalue weighted by Crippen LogP contribution is -2.35. The summed E-state index contributed by atoms with van der Waals surface area (Å²) in [6.07, 6.45) is 0.810. The maximum atomic E-state index is 12.5. The number of nitrogens with one attached hydrogen (secondary N) is 2. The van der Waals surface area contributed by atoms with Crippen molar-refractivity contribution < 1.29 is 9.84 Å². The van der Waals surface area contributed by atoms with Crippen LogP contribution in [0.5, 0.6) is 5.75 Å². The van der Waals surface area contributed by atoms with Gasteiger partial charge in [0.25, 0.3) is 5.56 Å². The van der Waals surface area contributed by atoms with Crippen LogP contribution in [0.2, 0.25) is 0 Å². The Labute approximate surface area is 170 Å². The van der Waals surface area contributed by atoms with Crippen molar-refractivity contribution in [3.05, 3.63) is 56.4 Å². The highest BCUT2D eigenvalue weighted by molar-refractivity contribution is 7.12. The predicted octanol–water partition coefficient (Wildman–Crippen LogP) is 1.07. The minimum atomic E-state index is -0.619. The summed E-state index contributed by atoms with van der Waals surface area (Å²) in [5.41, 5.74) is 0.120. The van der Waals surface area contributed by atoms with Crippen LogP contribution in [0.1, 0.15) is 25.1 Å². The predicted molar refractivity (Wildman–Crippen MR) is 113 cm³/mol. The van der Waals surface area contributed by atoms with E-state index in [1.807, 2.05) is 13.8 Å². The molecule has 0 aliphatic rings. The summed E-state index contributed by atoms with van der Waals surface area (Å²) in [6, 6.07) is 7.24. The average Bonchev–Trinajstić information content (AvgIpc) is 3.06. The van der Waals surface area contributed by atoms with Crippen LogP contribution in [0.3, 0.4) is 0 Å². The number of aliphatic hydroxyl groups excluding tert-OH is 1. The molecule has 0 radical (unpaired) electrons. The molecule has 154 valence electrons. The van der Waals surface area contributed by atoms with Crippen molar-refractivity contribution in [2.75, 3.05) is 13.2 Å². The zero-order valence-electron chi connectivity index (χ0n) is 16.4. The van der Waals surface area contributed by atoms with Gasteiger partial charge in [-0.05, 0) is 48.3 Å². The Kier molecular flexibility index (Phi) is 6.57. The van der Waals surface area contributed by atoms with Crippen LogP contribution in [-0.4, -0.2) is 50.7 Å². The van der Waals surface area contributed by atoms with Crippen LogP contribution in [0.15, 0.2) is 39.0 Å². The molecule has 0 amide bonds. The maximum Gasteiger partial charge on any atom is 0.350 e. The number of aliphatic hydroxyl groups is 1. The van der Waals surface area contributed by atoms with Crippen LogP contribution in [-0.2, 0) is 0 Å². The number of ether oxygens (including phenoxy) is 1. The lowest BCUT2D eigenvalue weighted by atomic mass is 10.2. The van der Waals surface area contributed by atoms with Crippen molar-refractivity contribution in [2.24, 2.45) is 5.10 Å². The van der Waals surface area contributed by atoms with Crippen molar-refractivity contribution in [1.29, 1.82) is 0 Å². The molecule has 0 saturated carbocycles. The number of aromatic amines is 1. The number of fused-ring (bicyclic) bond motifs is 1. The molecule has 2 heterocycles. The molecule has 0 spiro atoms. The molecule has 0 aliphatic carbocycles. The molecule has 1 atom stereocenters. The molecular weight excluding hydrogens is 394 g/mol. The second-order valence-electron chi connectivity index (χ2n) is 6.86. The number of H-pyrrole nitrogens is 1. The molecule has 10 heteroatoms. The van der Waals surface area contributed by atoms with E-state index < -0.39 is 17.4 Å². The number of aromatic nitrogens is 3. The van der Waals surface area contributed by atoms with Crippen molar-refractivity contribution in [1.82, 2.24) is 19.4 Å². The largest absolute Gasteiger partial charge is 0.491 e. The molecule has 3 N–H and O–H groups in total. The van der Waals surface area contributed by atoms with Crippen LogP contribution < -0.4 is 21.3 Å². The standard InChI is InChI=1S/C19H23N5O4S/c1-11(2)20-9-14(25)10-28-15-6-4-13(5-7-15)8-21-24-18(26)16-12(3)23-29-17(16)22-19(24)27/h4-8,11,14,20,25H,9-10H2,1-3H3,(H,22,27)/b21-8+/t14-/m1/s1. The fourth-order valence-electron chi connectivity index (χ4n) is 2.56. The number of hydrogen-bond donors (Lipinski definition) is 3. The minimum Gasteiger partial charge on any atom is -0.491 e. The van der Waals surface area contributed by atoms with Gasteiger partial charge in [-0.25, -0.2) is 4.79 Å². The monoisotopic (exact) mass is 417 g/mol. The first-order chi connectivity index (χ1) is 13.8. The summed E-state index contributed by atoms with van der Waals surface area (Å²) >= 11 is 1.07. The lowest BCUT2D eigenvalue weighted by Gasteiger charge is -2.15. The maximum absolute atomic E-state index is 12.5. The van der Waals surface area contributed by atoms with Gasteiger partial charge in [-0.3, -0.25) is 9.78 Å². The van der Waals surface area contributed by atoms with Crippen LogP contribution in [0.4, 0.5) is 0 Å². The quantitative estimate of drug-likeness (QED) is 0.472. The van der Waals surface area contributed by atoms with Gasteiger partial charge >= 0.3 is 5.69 Å². The van der Waals surface area contributed by atoms with Gasteiger partial charge in [-0.15, -0.1) is 4.68 Å². The van der Waals surface area contributed by atoms with E-state index in [4.69, 9.17) is 4.74 Å². The summed E-state index contributed by atoms with van der Waals surface area (Å²) in [6.45, 7) is 6.35. The Morgan fingerprint density at radius 2 is 2.07 bits per heavy atom. The molecule has 2 aromatic heterocycles. The molecule has 1 aromatic carbocycles. The molecule has 3 rings (SSSR count). The van der Waals surface area contributed by atoms with Crippen molar-refractivity contribution in [2.45, 2.75) is 32.9 Å². The number of rotatable bonds is 8. The molecule has 3 aromatic rings. The Balaban J connectivity index is 1.68. The Morgan fingerprint density at radius 3 is 2.76 bits per heavy atom. The Bertz CT molecular complexity index is 1110. The van der Waals surface area contributed by atoms with Gasteiger partial charge in [0, 0.05) is 12.6 Å². The Morgan fingerprint density at radius 1 is 1.34 bits per heavy atom. The highest BCUT2D eigenvalue weighted by atomic mass is 32.1. The van der Waals surface area contributed by atoms with E-state index in [9.17, 15) is 14.7 Å². The SMILES string of the molecule is Cc1nsc2[nH]c(=O)n(/N=C/c3ccc(OC[C@H](O)CNC(C)C)cc3)c(=O)c12. The van der Waals surface area contributed by atoms with Gasteiger partial charge in [-0.2, -0.15) is 9.47 Å². The zero-order chi connectivity index (χ0) is 21.0. The summed E-state index contributed by atoms with van der Waals surface area (Å²) < 4.78 is 10.4. The number of aryl methyl sites for hydroxylation is 1. The first kappa shape index (κ1) is 20.9. The molecular formula is C19H23N5O4S. The first-order valence-electron chi connectivity index (χ1n) is 9.15. The lowest BCUT2D eigenvalue weighted by molar-refractivity contribution is 0.104. The molecule has 0 unspecified atom stereocenters. The third kappa shape index (κ3) is 5.17. The molecule has 0 aliphatic heterocycles. The van der Waals surface area contributed by atoms with Gasteiger partial charge in [-0.1, -0.05) is 13.8 Å². The third-order valence-corrected chi connectivity index (χ3v) is 4.94. The van der Waals surface area contributed by atoms with Gasteiger partial charge in [0.2, 0.25) is 0 Å². The van der Waals surface area contributed by atoms with E-state index >= 15 is 0 Å². The highest BCUT2D eigenvalue weighted by Crippen LogP contribution is 2.14. The smallest absolute Gasteiger partial charge is 0.350 e. The Hall–Kier alpha value is -2.82. The van der Waals surface area contributed by atoms with E-state index in [2.05, 4.69) is 19.8 Å². The second kappa shape index (κ2) is 9.12. The molecule has 0 saturated heterocycles. The number of nitrogens with zero attached hydrogens (tertiary/aromatic N) is 3. The van der Waals surface area contributed by atoms with Gasteiger partial charge in [0.05, 0.1) is 17.3 Å². The van der Waals surface area contributed by atoms with Crippen molar-refractivity contribution in [3.8, 4) is 5.75 Å². The molecule has 29 heavy (non-hydrogen) atoms. The van der Waals surface area contributed by atoms with Gasteiger partial charge in [0.15, 0.2) is 0 Å². The van der Waals surface area contributed by atoms with E-state index in [0.29, 0.717) is 39.8 Å². The average molecular weight is 417 g/mol. The summed E-state index contributed by atoms with van der Waals surface area (Å²) in [5.74, 6) is 0.599. The fraction of sp³-hybridized carbons (Fsp3) is 0.368. The molecule has 0 fully saturated rings. The van der Waals surface area contributed by atoms with Gasteiger partial charge < -0.3 is 15.2 Å². The van der Waals surface area contributed by atoms with E-state index in [-0.39, 0.29) is 6.61 Å². The zero-order valence-corrected chi connectivity index (χ0v) is 17.2. The van der Waals surface area contributed by atoms with Crippen molar-refractivity contribution in [3.63, 3.8) is 0 Å². The minimum absolute atomic E-state index is 0.173. The molecule has 0 bridgehead atoms. The van der Waals surface area contributed by atoms with Crippen LogP contribution in [0.25, 0.3) is 10.2 Å². The summed E-state index contributed by atoms with van der Waals surface area (Å²) in [5, 5.41) is 17.4. The topological polar surface area (TPSA) is 122 Å². The number of benzene rings is 1. The second-order valence-corrected chi connectivity index (χ2v) is 7.63. The van der Waals surface area contributed by atoms with E-state index in [1.165, 1.54) is 6.21 Å². The third-order valence-electron chi connectivity index (χ3n) is 4.09. The summed E-state index contributed by atoms with van der Waals surface area (Å²) in [4.78, 5) is 27.7. The van der Waals surface area contributed by atoms with Gasteiger partial charge in [0.1, 0.15) is 23.3 Å². The number of hydrogen-bond acceptors (Lipinski definition) is 8. The highest BCUT2D eigenvalue weighted by Gasteiger charge is 2.12.